The third-order valence-electron chi connectivity index (χ3n) is 1.52. The standard InChI is InChI=1S/C8H19N5S/c1-14-6-4-2-3-5-12-8(11)13-7(9)10/h2-6H2,1H3,(H6,9,10,11,12,13). The Morgan fingerprint density at radius 3 is 2.43 bits per heavy atom. The number of unbranched alkanes of at least 4 members (excludes halogenated alkanes) is 2. The van der Waals surface area contributed by atoms with Crippen molar-refractivity contribution in [2.45, 2.75) is 19.3 Å². The van der Waals surface area contributed by atoms with Gasteiger partial charge in [-0.1, -0.05) is 6.42 Å². The SMILES string of the molecule is CSCCCCCN=C(N)N=C(N)N. The number of hydrogen-bond acceptors (Lipinski definition) is 2. The predicted octanol–water partition coefficient (Wildman–Crippen LogP) is 0.108. The summed E-state index contributed by atoms with van der Waals surface area (Å²) in [5.41, 5.74) is 15.7. The lowest BCUT2D eigenvalue weighted by molar-refractivity contribution is 0.732. The molecule has 0 aromatic heterocycles. The topological polar surface area (TPSA) is 103 Å². The normalized spacial score (nSPS) is 11.4. The van der Waals surface area contributed by atoms with E-state index in [2.05, 4.69) is 16.2 Å². The fourth-order valence-electron chi connectivity index (χ4n) is 0.896. The van der Waals surface area contributed by atoms with Crippen LogP contribution in [0, 0.1) is 0 Å². The van der Waals surface area contributed by atoms with E-state index in [-0.39, 0.29) is 11.9 Å². The van der Waals surface area contributed by atoms with Crippen LogP contribution < -0.4 is 17.2 Å². The van der Waals surface area contributed by atoms with E-state index in [9.17, 15) is 0 Å². The summed E-state index contributed by atoms with van der Waals surface area (Å²) >= 11 is 1.86. The van der Waals surface area contributed by atoms with Gasteiger partial charge in [0.05, 0.1) is 0 Å². The second kappa shape index (κ2) is 8.68. The summed E-state index contributed by atoms with van der Waals surface area (Å²) in [6, 6.07) is 0. The van der Waals surface area contributed by atoms with Gasteiger partial charge in [-0.15, -0.1) is 0 Å². The second-order valence-electron chi connectivity index (χ2n) is 2.83. The maximum atomic E-state index is 5.41. The predicted molar refractivity (Wildman–Crippen MR) is 64.5 cm³/mol. The zero-order valence-corrected chi connectivity index (χ0v) is 9.39. The monoisotopic (exact) mass is 217 g/mol. The number of guanidine groups is 2. The lowest BCUT2D eigenvalue weighted by Crippen LogP contribution is -2.26. The highest BCUT2D eigenvalue weighted by atomic mass is 32.2. The molecule has 0 spiro atoms. The van der Waals surface area contributed by atoms with Gasteiger partial charge in [0, 0.05) is 6.54 Å². The summed E-state index contributed by atoms with van der Waals surface area (Å²) in [6.07, 6.45) is 5.52. The van der Waals surface area contributed by atoms with Gasteiger partial charge in [0.25, 0.3) is 0 Å². The Morgan fingerprint density at radius 2 is 1.86 bits per heavy atom. The number of nitrogens with zero attached hydrogens (tertiary/aromatic N) is 2. The Labute approximate surface area is 89.2 Å². The quantitative estimate of drug-likeness (QED) is 0.334. The summed E-state index contributed by atoms with van der Waals surface area (Å²) in [5.74, 6) is 1.32. The lowest BCUT2D eigenvalue weighted by atomic mass is 10.2. The van der Waals surface area contributed by atoms with Gasteiger partial charge < -0.3 is 17.2 Å². The Morgan fingerprint density at radius 1 is 1.14 bits per heavy atom. The molecule has 82 valence electrons. The van der Waals surface area contributed by atoms with Crippen LogP contribution in [-0.4, -0.2) is 30.5 Å². The molecule has 0 fully saturated rings. The van der Waals surface area contributed by atoms with Gasteiger partial charge in [-0.05, 0) is 24.9 Å². The fourth-order valence-corrected chi connectivity index (χ4v) is 1.39. The Balaban J connectivity index is 3.47. The van der Waals surface area contributed by atoms with Crippen LogP contribution in [0.1, 0.15) is 19.3 Å². The minimum atomic E-state index is -0.0476. The van der Waals surface area contributed by atoms with Crippen LogP contribution >= 0.6 is 11.8 Å². The summed E-state index contributed by atoms with van der Waals surface area (Å²) in [4.78, 5) is 7.61. The van der Waals surface area contributed by atoms with Crippen molar-refractivity contribution in [2.75, 3.05) is 18.6 Å². The van der Waals surface area contributed by atoms with Crippen molar-refractivity contribution in [3.05, 3.63) is 0 Å². The molecule has 6 N–H and O–H groups in total. The van der Waals surface area contributed by atoms with Crippen LogP contribution in [0.25, 0.3) is 0 Å². The van der Waals surface area contributed by atoms with E-state index in [4.69, 9.17) is 17.2 Å². The van der Waals surface area contributed by atoms with Gasteiger partial charge in [-0.2, -0.15) is 16.8 Å². The molecular formula is C8H19N5S. The molecule has 6 heteroatoms. The molecule has 0 aliphatic carbocycles. The molecule has 14 heavy (non-hydrogen) atoms. The van der Waals surface area contributed by atoms with Crippen molar-refractivity contribution in [2.24, 2.45) is 27.2 Å². The maximum absolute atomic E-state index is 5.41. The van der Waals surface area contributed by atoms with E-state index < -0.39 is 0 Å². The van der Waals surface area contributed by atoms with Gasteiger partial charge in [0.1, 0.15) is 0 Å². The largest absolute Gasteiger partial charge is 0.370 e. The molecule has 0 radical (unpaired) electrons. The molecule has 0 aliphatic rings. The molecule has 0 rings (SSSR count). The van der Waals surface area contributed by atoms with E-state index in [0.717, 1.165) is 6.42 Å². The molecule has 0 aromatic rings. The first-order chi connectivity index (χ1) is 6.66. The Kier molecular flexibility index (Phi) is 8.11. The molecule has 5 nitrogen and oxygen atoms in total. The fraction of sp³-hybridized carbons (Fsp3) is 0.750. The molecule has 0 aromatic carbocycles. The second-order valence-corrected chi connectivity index (χ2v) is 3.82. The van der Waals surface area contributed by atoms with E-state index in [1.807, 2.05) is 11.8 Å². The van der Waals surface area contributed by atoms with Crippen molar-refractivity contribution in [1.82, 2.24) is 0 Å². The molecule has 0 aliphatic heterocycles. The summed E-state index contributed by atoms with van der Waals surface area (Å²) < 4.78 is 0. The van der Waals surface area contributed by atoms with E-state index in [1.165, 1.54) is 18.6 Å². The maximum Gasteiger partial charge on any atom is 0.218 e. The average molecular weight is 217 g/mol. The first-order valence-electron chi connectivity index (χ1n) is 4.55. The van der Waals surface area contributed by atoms with Crippen molar-refractivity contribution >= 4 is 23.7 Å². The van der Waals surface area contributed by atoms with Gasteiger partial charge in [0.15, 0.2) is 5.96 Å². The van der Waals surface area contributed by atoms with Crippen LogP contribution in [0.3, 0.4) is 0 Å². The highest BCUT2D eigenvalue weighted by Crippen LogP contribution is 2.01. The molecule has 0 atom stereocenters. The minimum absolute atomic E-state index is 0.0476. The first kappa shape index (κ1) is 13.1. The van der Waals surface area contributed by atoms with E-state index in [1.54, 1.807) is 0 Å². The van der Waals surface area contributed by atoms with Crippen LogP contribution in [0.15, 0.2) is 9.98 Å². The zero-order valence-electron chi connectivity index (χ0n) is 8.57. The lowest BCUT2D eigenvalue weighted by Gasteiger charge is -1.97. The van der Waals surface area contributed by atoms with Gasteiger partial charge >= 0.3 is 0 Å². The molecular weight excluding hydrogens is 198 g/mol. The third-order valence-corrected chi connectivity index (χ3v) is 2.22. The zero-order chi connectivity index (χ0) is 10.8. The molecule has 0 saturated carbocycles. The number of hydrogen-bond donors (Lipinski definition) is 3. The third kappa shape index (κ3) is 9.18. The smallest absolute Gasteiger partial charge is 0.218 e. The van der Waals surface area contributed by atoms with Gasteiger partial charge in [-0.25, -0.2) is 0 Å². The van der Waals surface area contributed by atoms with Crippen molar-refractivity contribution in [3.63, 3.8) is 0 Å². The summed E-state index contributed by atoms with van der Waals surface area (Å²) in [6.45, 7) is 0.691. The van der Waals surface area contributed by atoms with Gasteiger partial charge in [0.2, 0.25) is 5.96 Å². The summed E-state index contributed by atoms with van der Waals surface area (Å²) in [7, 11) is 0. The number of aliphatic imine (C=N–C) groups is 2. The molecule has 0 saturated heterocycles. The number of nitrogens with two attached hydrogens (primary N) is 3. The van der Waals surface area contributed by atoms with Crippen molar-refractivity contribution in [3.8, 4) is 0 Å². The highest BCUT2D eigenvalue weighted by Gasteiger charge is 1.90. The van der Waals surface area contributed by atoms with Crippen molar-refractivity contribution < 1.29 is 0 Å². The Hall–Kier alpha value is -0.910. The Bertz CT molecular complexity index is 198. The first-order valence-corrected chi connectivity index (χ1v) is 5.94. The molecule has 0 heterocycles. The van der Waals surface area contributed by atoms with Crippen LogP contribution in [0.2, 0.25) is 0 Å². The molecule has 0 bridgehead atoms. The highest BCUT2D eigenvalue weighted by molar-refractivity contribution is 7.98. The number of rotatable bonds is 6. The van der Waals surface area contributed by atoms with Crippen molar-refractivity contribution in [1.29, 1.82) is 0 Å². The van der Waals surface area contributed by atoms with Crippen LogP contribution in [-0.2, 0) is 0 Å². The molecule has 0 unspecified atom stereocenters. The average Bonchev–Trinajstić information content (AvgIpc) is 2.10. The number of thioether (sulfide) groups is 1. The van der Waals surface area contributed by atoms with Crippen LogP contribution in [0.4, 0.5) is 0 Å². The summed E-state index contributed by atoms with van der Waals surface area (Å²) in [5, 5.41) is 0. The minimum Gasteiger partial charge on any atom is -0.370 e. The molecule has 0 amide bonds. The van der Waals surface area contributed by atoms with Gasteiger partial charge in [-0.3, -0.25) is 4.99 Å². The van der Waals surface area contributed by atoms with E-state index >= 15 is 0 Å². The van der Waals surface area contributed by atoms with Crippen LogP contribution in [0.5, 0.6) is 0 Å². The van der Waals surface area contributed by atoms with E-state index in [0.29, 0.717) is 6.54 Å².